The smallest absolute Gasteiger partial charge is 0.410 e. The summed E-state index contributed by atoms with van der Waals surface area (Å²) in [7, 11) is 0. The second-order valence-electron chi connectivity index (χ2n) is 7.65. The minimum Gasteiger partial charge on any atom is -0.444 e. The Bertz CT molecular complexity index is 404. The molecular weight excluding hydrogens is 294 g/mol. The maximum atomic E-state index is 12.1. The summed E-state index contributed by atoms with van der Waals surface area (Å²) in [6, 6.07) is 0.161. The molecule has 0 radical (unpaired) electrons. The maximum Gasteiger partial charge on any atom is 0.410 e. The lowest BCUT2D eigenvalue weighted by Crippen LogP contribution is -2.48. The van der Waals surface area contributed by atoms with Crippen LogP contribution in [-0.2, 0) is 9.53 Å². The van der Waals surface area contributed by atoms with E-state index in [0.29, 0.717) is 13.1 Å². The molecule has 1 heterocycles. The third-order valence-corrected chi connectivity index (χ3v) is 3.69. The molecule has 1 fully saturated rings. The Kier molecular flexibility index (Phi) is 7.32. The number of carbonyl (C=O) groups excluding carboxylic acids is 2. The first kappa shape index (κ1) is 19.7. The topological polar surface area (TPSA) is 70.7 Å². The average molecular weight is 327 g/mol. The summed E-state index contributed by atoms with van der Waals surface area (Å²) in [6.45, 7) is 12.8. The van der Waals surface area contributed by atoms with Crippen LogP contribution in [0.2, 0.25) is 0 Å². The van der Waals surface area contributed by atoms with Crippen LogP contribution in [0.3, 0.4) is 0 Å². The Morgan fingerprint density at radius 3 is 2.35 bits per heavy atom. The second-order valence-corrected chi connectivity index (χ2v) is 7.65. The zero-order valence-corrected chi connectivity index (χ0v) is 15.4. The van der Waals surface area contributed by atoms with Crippen LogP contribution in [0.5, 0.6) is 0 Å². The van der Waals surface area contributed by atoms with E-state index in [1.54, 1.807) is 4.90 Å². The second kappa shape index (κ2) is 8.52. The predicted octanol–water partition coefficient (Wildman–Crippen LogP) is 2.28. The van der Waals surface area contributed by atoms with Gasteiger partial charge in [0.1, 0.15) is 5.60 Å². The molecule has 2 amide bonds. The van der Waals surface area contributed by atoms with Gasteiger partial charge in [0.2, 0.25) is 5.91 Å². The number of hydrogen-bond donors (Lipinski definition) is 2. The van der Waals surface area contributed by atoms with Gasteiger partial charge in [-0.1, -0.05) is 0 Å². The van der Waals surface area contributed by atoms with E-state index >= 15 is 0 Å². The molecule has 1 saturated heterocycles. The van der Waals surface area contributed by atoms with Crippen LogP contribution in [-0.4, -0.2) is 53.7 Å². The van der Waals surface area contributed by atoms with Crippen LogP contribution in [0.25, 0.3) is 0 Å². The molecule has 1 aliphatic heterocycles. The molecular formula is C17H33N3O3. The summed E-state index contributed by atoms with van der Waals surface area (Å²) in [4.78, 5) is 25.9. The summed E-state index contributed by atoms with van der Waals surface area (Å²) >= 11 is 0. The minimum atomic E-state index is -0.468. The zero-order valence-electron chi connectivity index (χ0n) is 15.4. The number of nitrogens with zero attached hydrogens (tertiary/aromatic N) is 1. The Labute approximate surface area is 140 Å². The number of amides is 2. The van der Waals surface area contributed by atoms with Crippen molar-refractivity contribution in [1.82, 2.24) is 15.5 Å². The van der Waals surface area contributed by atoms with Gasteiger partial charge in [-0.15, -0.1) is 0 Å². The number of nitrogens with one attached hydrogen (secondary N) is 2. The Morgan fingerprint density at radius 2 is 1.78 bits per heavy atom. The molecule has 134 valence electrons. The lowest BCUT2D eigenvalue weighted by atomic mass is 10.1. The Balaban J connectivity index is 2.46. The van der Waals surface area contributed by atoms with Crippen molar-refractivity contribution in [3.05, 3.63) is 0 Å². The van der Waals surface area contributed by atoms with Crippen molar-refractivity contribution >= 4 is 12.0 Å². The predicted molar refractivity (Wildman–Crippen MR) is 91.3 cm³/mol. The lowest BCUT2D eigenvalue weighted by molar-refractivity contribution is -0.123. The highest BCUT2D eigenvalue weighted by Crippen LogP contribution is 2.16. The van der Waals surface area contributed by atoms with Crippen LogP contribution in [0.1, 0.15) is 60.8 Å². The third-order valence-electron chi connectivity index (χ3n) is 3.69. The molecule has 2 atom stereocenters. The van der Waals surface area contributed by atoms with E-state index in [2.05, 4.69) is 10.6 Å². The summed E-state index contributed by atoms with van der Waals surface area (Å²) in [5, 5.41) is 6.30. The van der Waals surface area contributed by atoms with E-state index in [-0.39, 0.29) is 30.1 Å². The molecule has 0 saturated carbocycles. The number of carbonyl (C=O) groups is 2. The molecule has 0 aromatic heterocycles. The SMILES string of the molecule is CC(C)NC(=O)C(C)NC1CCCN(C(=O)OC(C)(C)C)CC1. The molecule has 0 bridgehead atoms. The number of ether oxygens (including phenoxy) is 1. The normalized spacial score (nSPS) is 20.8. The highest BCUT2D eigenvalue weighted by atomic mass is 16.6. The molecule has 6 heteroatoms. The molecule has 2 unspecified atom stereocenters. The van der Waals surface area contributed by atoms with Gasteiger partial charge in [-0.3, -0.25) is 4.79 Å². The molecule has 2 N–H and O–H groups in total. The van der Waals surface area contributed by atoms with E-state index < -0.39 is 5.60 Å². The molecule has 23 heavy (non-hydrogen) atoms. The number of hydrogen-bond acceptors (Lipinski definition) is 4. The first-order chi connectivity index (χ1) is 10.6. The van der Waals surface area contributed by atoms with Crippen molar-refractivity contribution in [2.75, 3.05) is 13.1 Å². The minimum absolute atomic E-state index is 0.0215. The molecule has 0 aliphatic carbocycles. The van der Waals surface area contributed by atoms with Crippen LogP contribution in [0, 0.1) is 0 Å². The van der Waals surface area contributed by atoms with Gasteiger partial charge in [-0.05, 0) is 60.8 Å². The van der Waals surface area contributed by atoms with Gasteiger partial charge < -0.3 is 20.3 Å². The summed E-state index contributed by atoms with van der Waals surface area (Å²) in [6.07, 6.45) is 2.45. The fourth-order valence-corrected chi connectivity index (χ4v) is 2.61. The van der Waals surface area contributed by atoms with Gasteiger partial charge >= 0.3 is 6.09 Å². The summed E-state index contributed by atoms with van der Waals surface area (Å²) in [5.74, 6) is 0.0215. The average Bonchev–Trinajstić information content (AvgIpc) is 2.61. The van der Waals surface area contributed by atoms with Crippen LogP contribution >= 0.6 is 0 Å². The van der Waals surface area contributed by atoms with Crippen molar-refractivity contribution in [1.29, 1.82) is 0 Å². The van der Waals surface area contributed by atoms with Crippen molar-refractivity contribution in [3.8, 4) is 0 Å². The van der Waals surface area contributed by atoms with E-state index in [0.717, 1.165) is 19.3 Å². The molecule has 0 aromatic rings. The fourth-order valence-electron chi connectivity index (χ4n) is 2.61. The molecule has 1 rings (SSSR count). The van der Waals surface area contributed by atoms with Gasteiger partial charge in [-0.25, -0.2) is 4.79 Å². The van der Waals surface area contributed by atoms with E-state index in [1.165, 1.54) is 0 Å². The van der Waals surface area contributed by atoms with Crippen molar-refractivity contribution in [3.63, 3.8) is 0 Å². The summed E-state index contributed by atoms with van der Waals surface area (Å²) in [5.41, 5.74) is -0.468. The van der Waals surface area contributed by atoms with Crippen molar-refractivity contribution < 1.29 is 14.3 Å². The van der Waals surface area contributed by atoms with Gasteiger partial charge in [0, 0.05) is 25.2 Å². The van der Waals surface area contributed by atoms with Crippen LogP contribution in [0.15, 0.2) is 0 Å². The third kappa shape index (κ3) is 7.68. The molecule has 1 aliphatic rings. The standard InChI is InChI=1S/C17H33N3O3/c1-12(2)18-15(21)13(3)19-14-8-7-10-20(11-9-14)16(22)23-17(4,5)6/h12-14,19H,7-11H2,1-6H3,(H,18,21). The Morgan fingerprint density at radius 1 is 1.13 bits per heavy atom. The van der Waals surface area contributed by atoms with Crippen molar-refractivity contribution in [2.24, 2.45) is 0 Å². The maximum absolute atomic E-state index is 12.1. The highest BCUT2D eigenvalue weighted by Gasteiger charge is 2.26. The summed E-state index contributed by atoms with van der Waals surface area (Å²) < 4.78 is 5.43. The molecule has 0 spiro atoms. The van der Waals surface area contributed by atoms with Gasteiger partial charge in [-0.2, -0.15) is 0 Å². The number of rotatable bonds is 4. The van der Waals surface area contributed by atoms with Gasteiger partial charge in [0.05, 0.1) is 6.04 Å². The van der Waals surface area contributed by atoms with Crippen LogP contribution < -0.4 is 10.6 Å². The lowest BCUT2D eigenvalue weighted by Gasteiger charge is -2.26. The largest absolute Gasteiger partial charge is 0.444 e. The van der Waals surface area contributed by atoms with Crippen LogP contribution in [0.4, 0.5) is 4.79 Å². The van der Waals surface area contributed by atoms with E-state index in [9.17, 15) is 9.59 Å². The van der Waals surface area contributed by atoms with Crippen molar-refractivity contribution in [2.45, 2.75) is 84.5 Å². The van der Waals surface area contributed by atoms with Gasteiger partial charge in [0.15, 0.2) is 0 Å². The number of likely N-dealkylation sites (tertiary alicyclic amines) is 1. The first-order valence-corrected chi connectivity index (χ1v) is 8.63. The Hall–Kier alpha value is -1.30. The highest BCUT2D eigenvalue weighted by molar-refractivity contribution is 5.81. The quantitative estimate of drug-likeness (QED) is 0.831. The molecule has 0 aromatic carbocycles. The van der Waals surface area contributed by atoms with E-state index in [4.69, 9.17) is 4.74 Å². The van der Waals surface area contributed by atoms with E-state index in [1.807, 2.05) is 41.5 Å². The fraction of sp³-hybridized carbons (Fsp3) is 0.882. The molecule has 6 nitrogen and oxygen atoms in total. The van der Waals surface area contributed by atoms with Gasteiger partial charge in [0.25, 0.3) is 0 Å². The first-order valence-electron chi connectivity index (χ1n) is 8.63. The zero-order chi connectivity index (χ0) is 17.6. The monoisotopic (exact) mass is 327 g/mol.